The molecule has 308 valence electrons. The van der Waals surface area contributed by atoms with Gasteiger partial charge in [0, 0.05) is 49.7 Å². The van der Waals surface area contributed by atoms with Gasteiger partial charge in [-0.05, 0) is 112 Å². The molecule has 1 aliphatic rings. The summed E-state index contributed by atoms with van der Waals surface area (Å²) in [5.74, 6) is 0.771. The molecule has 0 unspecified atom stereocenters. The monoisotopic (exact) mass is 832 g/mol. The molecule has 0 saturated carbocycles. The van der Waals surface area contributed by atoms with Crippen LogP contribution < -0.4 is 4.90 Å². The predicted molar refractivity (Wildman–Crippen MR) is 276 cm³/mol. The Morgan fingerprint density at radius 1 is 0.492 bits per heavy atom. The third-order valence-corrected chi connectivity index (χ3v) is 13.1. The summed E-state index contributed by atoms with van der Waals surface area (Å²) in [5.41, 5.74) is 14.8. The van der Waals surface area contributed by atoms with Crippen molar-refractivity contribution >= 4 is 77.8 Å². The Labute approximate surface area is 378 Å². The van der Waals surface area contributed by atoms with Crippen molar-refractivity contribution in [1.82, 2.24) is 4.57 Å². The molecule has 12 rings (SSSR count). The van der Waals surface area contributed by atoms with E-state index in [4.69, 9.17) is 4.42 Å². The zero-order valence-corrected chi connectivity index (χ0v) is 35.9. The molecule has 0 fully saturated rings. The summed E-state index contributed by atoms with van der Waals surface area (Å²) < 4.78 is 8.91. The van der Waals surface area contributed by atoms with Crippen LogP contribution >= 0.6 is 0 Å². The van der Waals surface area contributed by atoms with E-state index in [1.165, 1.54) is 55.0 Å². The lowest BCUT2D eigenvalue weighted by Crippen LogP contribution is -2.19. The summed E-state index contributed by atoms with van der Waals surface area (Å²) in [6.07, 6.45) is 12.7. The Bertz CT molecular complexity index is 3670. The van der Waals surface area contributed by atoms with Crippen molar-refractivity contribution in [1.29, 1.82) is 0 Å². The first-order valence-electron chi connectivity index (χ1n) is 22.4. The molecular weight excluding hydrogens is 789 g/mol. The molecule has 0 aliphatic heterocycles. The van der Waals surface area contributed by atoms with Gasteiger partial charge in [0.05, 0.1) is 16.7 Å². The van der Waals surface area contributed by atoms with E-state index in [9.17, 15) is 0 Å². The number of rotatable bonds is 9. The number of hydrogen-bond donors (Lipinski definition) is 0. The van der Waals surface area contributed by atoms with Crippen LogP contribution in [0.5, 0.6) is 0 Å². The molecule has 0 amide bonds. The van der Waals surface area contributed by atoms with Crippen LogP contribution in [0, 0.1) is 0 Å². The summed E-state index contributed by atoms with van der Waals surface area (Å²) in [5, 5.41) is 8.34. The smallest absolute Gasteiger partial charge is 0.143 e. The summed E-state index contributed by atoms with van der Waals surface area (Å²) in [4.78, 5) is 2.45. The van der Waals surface area contributed by atoms with Gasteiger partial charge in [0.1, 0.15) is 11.3 Å². The maximum Gasteiger partial charge on any atom is 0.143 e. The number of aromatic nitrogens is 1. The Balaban J connectivity index is 0.987. The molecule has 65 heavy (non-hydrogen) atoms. The average molecular weight is 833 g/mol. The van der Waals surface area contributed by atoms with E-state index in [0.717, 1.165) is 74.1 Å². The molecule has 9 aromatic carbocycles. The minimum Gasteiger partial charge on any atom is -0.455 e. The Morgan fingerprint density at radius 3 is 1.77 bits per heavy atom. The molecule has 0 N–H and O–H groups in total. The first kappa shape index (κ1) is 38.3. The van der Waals surface area contributed by atoms with Gasteiger partial charge in [-0.25, -0.2) is 0 Å². The molecule has 3 heteroatoms. The van der Waals surface area contributed by atoms with Crippen LogP contribution in [0.3, 0.4) is 0 Å². The fourth-order valence-corrected chi connectivity index (χ4v) is 10.0. The van der Waals surface area contributed by atoms with Gasteiger partial charge in [-0.15, -0.1) is 0 Å². The van der Waals surface area contributed by atoms with Gasteiger partial charge in [-0.1, -0.05) is 176 Å². The first-order valence-corrected chi connectivity index (χ1v) is 22.4. The summed E-state index contributed by atoms with van der Waals surface area (Å²) in [6.45, 7) is 4.14. The SMILES string of the molecule is C=Cc1oc2c(ccc3ccccc32)c1/C=C/C1=C(N(c2ccc(-c3ccccc3-n3c4ccccc4c4ccccc43)cc2)c2ccc(-c3cccc4ccccc34)cc2)CCC=C1. The lowest BCUT2D eigenvalue weighted by Gasteiger charge is -2.31. The number of hydrogen-bond acceptors (Lipinski definition) is 2. The first-order chi connectivity index (χ1) is 32.2. The second-order valence-electron chi connectivity index (χ2n) is 16.8. The third-order valence-electron chi connectivity index (χ3n) is 13.1. The number of furan rings is 1. The minimum atomic E-state index is 0.771. The highest BCUT2D eigenvalue weighted by Crippen LogP contribution is 2.41. The maximum atomic E-state index is 6.50. The molecule has 2 aromatic heterocycles. The molecule has 1 aliphatic carbocycles. The van der Waals surface area contributed by atoms with E-state index in [-0.39, 0.29) is 0 Å². The molecule has 3 nitrogen and oxygen atoms in total. The van der Waals surface area contributed by atoms with Crippen molar-refractivity contribution < 1.29 is 4.42 Å². The fraction of sp³-hybridized carbons (Fsp3) is 0.0323. The van der Waals surface area contributed by atoms with E-state index in [2.05, 4.69) is 241 Å². The average Bonchev–Trinajstić information content (AvgIpc) is 3.92. The molecule has 0 spiro atoms. The van der Waals surface area contributed by atoms with Crippen molar-refractivity contribution in [3.63, 3.8) is 0 Å². The van der Waals surface area contributed by atoms with Crippen LogP contribution in [0.2, 0.25) is 0 Å². The van der Waals surface area contributed by atoms with Crippen molar-refractivity contribution in [3.8, 4) is 27.9 Å². The number of fused-ring (bicyclic) bond motifs is 7. The number of nitrogens with zero attached hydrogens (tertiary/aromatic N) is 2. The Hall–Kier alpha value is -8.40. The fourth-order valence-electron chi connectivity index (χ4n) is 10.0. The van der Waals surface area contributed by atoms with E-state index in [1.807, 2.05) is 6.08 Å². The van der Waals surface area contributed by atoms with Crippen molar-refractivity contribution in [2.75, 3.05) is 4.90 Å². The summed E-state index contributed by atoms with van der Waals surface area (Å²) in [6, 6.07) is 72.4. The quantitative estimate of drug-likeness (QED) is 0.144. The second kappa shape index (κ2) is 16.1. The van der Waals surface area contributed by atoms with Crippen molar-refractivity contribution in [2.45, 2.75) is 12.8 Å². The van der Waals surface area contributed by atoms with Gasteiger partial charge < -0.3 is 13.9 Å². The number of para-hydroxylation sites is 3. The van der Waals surface area contributed by atoms with Gasteiger partial charge >= 0.3 is 0 Å². The summed E-state index contributed by atoms with van der Waals surface area (Å²) >= 11 is 0. The van der Waals surface area contributed by atoms with Crippen LogP contribution in [0.15, 0.2) is 241 Å². The lowest BCUT2D eigenvalue weighted by molar-refractivity contribution is 0.606. The number of benzene rings is 9. The molecule has 2 heterocycles. The number of allylic oxidation sites excluding steroid dienone is 5. The topological polar surface area (TPSA) is 21.3 Å². The number of anilines is 2. The largest absolute Gasteiger partial charge is 0.455 e. The van der Waals surface area contributed by atoms with E-state index in [0.29, 0.717) is 0 Å². The van der Waals surface area contributed by atoms with E-state index < -0.39 is 0 Å². The highest BCUT2D eigenvalue weighted by Gasteiger charge is 2.21. The van der Waals surface area contributed by atoms with E-state index >= 15 is 0 Å². The third kappa shape index (κ3) is 6.60. The van der Waals surface area contributed by atoms with Crippen molar-refractivity contribution in [2.24, 2.45) is 0 Å². The minimum absolute atomic E-state index is 0.771. The molecular formula is C62H44N2O. The molecule has 0 atom stereocenters. The molecule has 11 aromatic rings. The van der Waals surface area contributed by atoms with Crippen LogP contribution in [0.4, 0.5) is 11.4 Å². The van der Waals surface area contributed by atoms with Gasteiger partial charge in [-0.3, -0.25) is 0 Å². The Kier molecular flexibility index (Phi) is 9.46. The van der Waals surface area contributed by atoms with Crippen LogP contribution in [-0.4, -0.2) is 4.57 Å². The van der Waals surface area contributed by atoms with Gasteiger partial charge in [0.25, 0.3) is 0 Å². The molecule has 0 radical (unpaired) electrons. The zero-order valence-electron chi connectivity index (χ0n) is 35.9. The molecule has 0 bridgehead atoms. The van der Waals surface area contributed by atoms with Gasteiger partial charge in [0.15, 0.2) is 0 Å². The lowest BCUT2D eigenvalue weighted by atomic mass is 9.96. The van der Waals surface area contributed by atoms with Crippen LogP contribution in [-0.2, 0) is 0 Å². The highest BCUT2D eigenvalue weighted by atomic mass is 16.3. The summed E-state index contributed by atoms with van der Waals surface area (Å²) in [7, 11) is 0. The van der Waals surface area contributed by atoms with Crippen molar-refractivity contribution in [3.05, 3.63) is 248 Å². The highest BCUT2D eigenvalue weighted by molar-refractivity contribution is 6.10. The second-order valence-corrected chi connectivity index (χ2v) is 16.8. The van der Waals surface area contributed by atoms with Crippen LogP contribution in [0.1, 0.15) is 24.2 Å². The van der Waals surface area contributed by atoms with E-state index in [1.54, 1.807) is 0 Å². The standard InChI is InChI=1S/C62H44N2O/c1-2-61-55(56-41-34-43-17-4-7-22-52(43)62(56)65-61)40-35-46-18-5-11-26-57(46)63(47-36-30-44(31-37-47)50-25-15-19-42-16-3-6-20-49(42)50)48-38-32-45(33-39-48)51-21-8-12-27-58(51)64-59-28-13-9-23-53(59)54-24-10-14-29-60(54)64/h2-10,12-25,27-41H,1,11,26H2/b40-35+. The normalized spacial score (nSPS) is 13.0. The zero-order chi connectivity index (χ0) is 43.3. The molecule has 0 saturated heterocycles. The maximum absolute atomic E-state index is 6.50. The Morgan fingerprint density at radius 2 is 1.06 bits per heavy atom. The van der Waals surface area contributed by atoms with Gasteiger partial charge in [0.2, 0.25) is 0 Å². The van der Waals surface area contributed by atoms with Crippen LogP contribution in [0.25, 0.3) is 94.4 Å². The van der Waals surface area contributed by atoms with Gasteiger partial charge in [-0.2, -0.15) is 0 Å². The predicted octanol–water partition coefficient (Wildman–Crippen LogP) is 17.3.